The van der Waals surface area contributed by atoms with Gasteiger partial charge in [-0.15, -0.1) is 0 Å². The minimum Gasteiger partial charge on any atom is -0.508 e. The predicted molar refractivity (Wildman–Crippen MR) is 434 cm³/mol. The minimum absolute atomic E-state index is 0.0865. The first kappa shape index (κ1) is 90.9. The Morgan fingerprint density at radius 1 is 0.476 bits per heavy atom. The first-order valence-corrected chi connectivity index (χ1v) is 40.9. The van der Waals surface area contributed by atoms with Crippen molar-refractivity contribution in [3.05, 3.63) is 162 Å². The second-order valence-electron chi connectivity index (χ2n) is 30.4. The van der Waals surface area contributed by atoms with E-state index in [0.717, 1.165) is 130 Å². The van der Waals surface area contributed by atoms with E-state index in [1.165, 1.54) is 25.2 Å². The number of phenolic OH excluding ortho intramolecular Hbond substituents is 4. The zero-order chi connectivity index (χ0) is 89.1. The first-order valence-electron chi connectivity index (χ1n) is 39.4. The molecule has 0 aromatic heterocycles. The highest BCUT2D eigenvalue weighted by molar-refractivity contribution is 6.37. The molecule has 0 radical (unpaired) electrons. The van der Waals surface area contributed by atoms with Crippen LogP contribution in [0.2, 0.25) is 20.1 Å². The second-order valence-corrected chi connectivity index (χ2v) is 32.0. The van der Waals surface area contributed by atoms with Crippen LogP contribution in [0.15, 0.2) is 103 Å². The number of aromatic hydroxyl groups is 4. The molecule has 8 aliphatic rings. The molecule has 7 amide bonds. The van der Waals surface area contributed by atoms with Crippen LogP contribution in [0, 0.1) is 0 Å². The molecular formula is C83H88Cl4N8O29. The van der Waals surface area contributed by atoms with Crippen molar-refractivity contribution in [2.45, 2.75) is 187 Å². The summed E-state index contributed by atoms with van der Waals surface area (Å²) in [5.41, 5.74) is -4.30. The van der Waals surface area contributed by atoms with Gasteiger partial charge in [-0.05, 0) is 114 Å². The number of carbonyl (C=O) groups excluding carboxylic acids is 7. The van der Waals surface area contributed by atoms with Gasteiger partial charge in [0.1, 0.15) is 132 Å². The van der Waals surface area contributed by atoms with Crippen LogP contribution < -0.4 is 66.2 Å². The molecule has 41 heteroatoms. The Bertz CT molecular complexity index is 5240. The number of aliphatic hydroxyl groups is 9. The number of aliphatic hydroxyl groups excluding tert-OH is 9. The van der Waals surface area contributed by atoms with Crippen LogP contribution in [0.3, 0.4) is 0 Å². The van der Waals surface area contributed by atoms with Gasteiger partial charge in [-0.3, -0.25) is 33.6 Å². The van der Waals surface area contributed by atoms with Crippen LogP contribution in [0.25, 0.3) is 11.1 Å². The molecule has 9 unspecified atom stereocenters. The summed E-state index contributed by atoms with van der Waals surface area (Å²) in [7, 11) is 1.35. The zero-order valence-electron chi connectivity index (χ0n) is 65.7. The van der Waals surface area contributed by atoms with Gasteiger partial charge in [0.15, 0.2) is 34.8 Å². The van der Waals surface area contributed by atoms with Crippen LogP contribution in [-0.4, -0.2) is 213 Å². The fourth-order valence-corrected chi connectivity index (χ4v) is 16.4. The fraction of sp³-hybridized carbons (Fsp3) is 0.398. The smallest absolute Gasteiger partial charge is 0.330 e. The Balaban J connectivity index is 1.05. The molecule has 15 rings (SSSR count). The lowest BCUT2D eigenvalue weighted by molar-refractivity contribution is -0.277. The number of benzene rings is 7. The number of likely N-dealkylation sites (N-methyl/N-ethyl adjacent to an activating group) is 1. The lowest BCUT2D eigenvalue weighted by atomic mass is 9.89. The van der Waals surface area contributed by atoms with Crippen molar-refractivity contribution in [3.63, 3.8) is 0 Å². The number of aliphatic carboxylic acids is 1. The number of ether oxygens (including phenoxy) is 7. The summed E-state index contributed by atoms with van der Waals surface area (Å²) in [5, 5.41) is 179. The molecule has 19 atom stereocenters. The minimum atomic E-state index is -2.55. The lowest BCUT2D eigenvalue weighted by Gasteiger charge is -2.42. The molecule has 0 saturated carbocycles. The predicted octanol–water partition coefficient (Wildman–Crippen LogP) is 5.03. The Kier molecular flexibility index (Phi) is 28.4. The third-order valence-corrected chi connectivity index (χ3v) is 23.3. The number of carboxylic acids is 1. The summed E-state index contributed by atoms with van der Waals surface area (Å²) in [5.74, 6) is -19.3. The number of hydrogen-bond donors (Lipinski definition) is 22. The monoisotopic (exact) mass is 1800 g/mol. The lowest BCUT2D eigenvalue weighted by Crippen LogP contribution is -2.65. The molecule has 7 aromatic carbocycles. The van der Waals surface area contributed by atoms with E-state index in [9.17, 15) is 85.9 Å². The van der Waals surface area contributed by atoms with Crippen molar-refractivity contribution >= 4 is 93.7 Å². The molecule has 0 spiro atoms. The summed E-state index contributed by atoms with van der Waals surface area (Å²) in [6, 6.07) is -0.532. The largest absolute Gasteiger partial charge is 0.508 e. The molecule has 8 heterocycles. The quantitative estimate of drug-likeness (QED) is 0.0472. The van der Waals surface area contributed by atoms with Gasteiger partial charge < -0.3 is 147 Å². The maximum Gasteiger partial charge on any atom is 0.330 e. The number of fused-ring (bicyclic) bond motifs is 14. The number of unbranched alkanes of at least 4 members (excludes halogenated alkanes) is 8. The molecule has 22 N–H and O–H groups in total. The summed E-state index contributed by atoms with van der Waals surface area (Å²) in [4.78, 5) is 123. The van der Waals surface area contributed by atoms with Crippen molar-refractivity contribution in [1.82, 2.24) is 42.5 Å². The van der Waals surface area contributed by atoms with Gasteiger partial charge in [-0.2, -0.15) is 0 Å². The summed E-state index contributed by atoms with van der Waals surface area (Å²) in [6.45, 7) is 0.0954. The maximum absolute atomic E-state index is 16.7. The molecule has 662 valence electrons. The van der Waals surface area contributed by atoms with Crippen molar-refractivity contribution < 1.29 is 143 Å². The average Bonchev–Trinajstić information content (AvgIpc) is 0.758. The summed E-state index contributed by atoms with van der Waals surface area (Å²) >= 11 is 28.6. The number of phenols is 4. The fourth-order valence-electron chi connectivity index (χ4n) is 15.4. The van der Waals surface area contributed by atoms with Crippen molar-refractivity contribution in [1.29, 1.82) is 0 Å². The van der Waals surface area contributed by atoms with E-state index in [-0.39, 0.29) is 23.3 Å². The molecule has 124 heavy (non-hydrogen) atoms. The van der Waals surface area contributed by atoms with E-state index >= 15 is 24.0 Å². The summed E-state index contributed by atoms with van der Waals surface area (Å²) < 4.78 is 44.3. The van der Waals surface area contributed by atoms with E-state index in [2.05, 4.69) is 49.5 Å². The van der Waals surface area contributed by atoms with Gasteiger partial charge in [-0.25, -0.2) is 4.79 Å². The van der Waals surface area contributed by atoms with Crippen LogP contribution in [0.4, 0.5) is 0 Å². The standard InChI is InChI=1S/C83H88Cl4N8O29/c1-3-4-5-6-7-8-9-10-11-12-55(102)89-65-70(107)68(105)53(30-96)122-82(65)124-74-51-24-35-25-52(74)120-73-43(85)21-36(22-44(73)86)67(104)64-80(115)93-62(81(116)117)40-26-37(98)27-50(121-83-72(109)71(108)69(106)54(31-97)123-83)56(40)39-19-32(13-16-45(39)99)59(76(111)95-64)90-77(112)60(35)91-78(113)61-41-28-38(29-47(101)57(41)87)118-49-23-33(14-17-46(49)100)58(88-2)75(110)94-63(79(114)92-61)66(103)34-15-18-48(119-51)42(84)20-34/h13-29,53-54,58-72,82-83,88,96-101,103-109H,3-12,30-31H2,1-2H3,(H,89,102)(H,90,112)(H,91,113)(H,92,114)(H,93,115)(H,94,110)(H,95,111)(H,116,117)/t53-,54-,58?,59?,60?,61?,62?,63?,64?,65-,66?,67?,68-,69-,70-,71+,72+,82+,83+/m1/s1. The van der Waals surface area contributed by atoms with E-state index in [0.29, 0.717) is 12.8 Å². The molecule has 17 bridgehead atoms. The summed E-state index contributed by atoms with van der Waals surface area (Å²) in [6.07, 6.45) is -14.8. The maximum atomic E-state index is 16.7. The van der Waals surface area contributed by atoms with Crippen molar-refractivity contribution in [2.75, 3.05) is 20.3 Å². The third-order valence-electron chi connectivity index (χ3n) is 22.0. The molecule has 2 saturated heterocycles. The Morgan fingerprint density at radius 3 is 1.69 bits per heavy atom. The molecule has 37 nitrogen and oxygen atoms in total. The highest BCUT2D eigenvalue weighted by Gasteiger charge is 2.50. The molecular weight excluding hydrogens is 1710 g/mol. The number of amides is 7. The first-order chi connectivity index (χ1) is 59.2. The van der Waals surface area contributed by atoms with Gasteiger partial charge in [-0.1, -0.05) is 123 Å². The van der Waals surface area contributed by atoms with Gasteiger partial charge in [0.25, 0.3) is 0 Å². The van der Waals surface area contributed by atoms with Gasteiger partial charge >= 0.3 is 5.97 Å². The number of halogens is 4. The second kappa shape index (κ2) is 38.7. The van der Waals surface area contributed by atoms with Gasteiger partial charge in [0.2, 0.25) is 59.7 Å². The van der Waals surface area contributed by atoms with E-state index in [4.69, 9.17) is 79.6 Å². The van der Waals surface area contributed by atoms with Crippen LogP contribution in [-0.2, 0) is 47.8 Å². The van der Waals surface area contributed by atoms with E-state index in [1.807, 2.05) is 0 Å². The van der Waals surface area contributed by atoms with Crippen LogP contribution in [0.1, 0.15) is 152 Å². The Morgan fingerprint density at radius 2 is 1.03 bits per heavy atom. The number of nitrogens with one attached hydrogen (secondary N) is 8. The normalized spacial score (nSPS) is 26.9. The number of carboxylic acid groups (broad SMARTS) is 1. The molecule has 8 aliphatic heterocycles. The van der Waals surface area contributed by atoms with Crippen molar-refractivity contribution in [3.8, 4) is 80.1 Å². The topological polar surface area (TPSA) is 581 Å². The highest BCUT2D eigenvalue weighted by Crippen LogP contribution is 2.52. The van der Waals surface area contributed by atoms with Gasteiger partial charge in [0.05, 0.1) is 33.3 Å². The SMILES string of the molecule is CCCCCCCCCCCC(=O)N[C@H]1[C@H](Oc2c3cc4cc2Oc2c(Cl)cc(cc2Cl)C(O)C2NC(=O)C(NC(=O)C4NC(=O)C4NC(=O)C(NC(=O)C(NC)c5ccc(O)c(c5)Oc5cc(O)c(Cl)c4c5)C(O)c4ccc(c(Cl)c4)O3)c3ccc(O)c(c3)-c3c(O[C@H]4O[C@H](CO)[C@@H](O)[C@H](O)[C@@H]4O)cc(O)cc3C(C(=O)O)NC2=O)O[C@H](CO)[C@@H](O)[C@@H]1O. The van der Waals surface area contributed by atoms with Gasteiger partial charge in [0, 0.05) is 40.8 Å². The number of rotatable bonds is 19. The molecule has 0 aliphatic carbocycles. The number of hydrogen-bond acceptors (Lipinski definition) is 29. The highest BCUT2D eigenvalue weighted by atomic mass is 35.5. The molecule has 7 aromatic rings. The van der Waals surface area contributed by atoms with E-state index < -0.39 is 299 Å². The Hall–Kier alpha value is -10.8. The average molecular weight is 1800 g/mol. The van der Waals surface area contributed by atoms with Crippen LogP contribution in [0.5, 0.6) is 69.0 Å². The Labute approximate surface area is 725 Å². The third kappa shape index (κ3) is 19.2. The van der Waals surface area contributed by atoms with E-state index in [1.54, 1.807) is 0 Å². The zero-order valence-corrected chi connectivity index (χ0v) is 68.7. The van der Waals surface area contributed by atoms with Crippen molar-refractivity contribution in [2.24, 2.45) is 0 Å². The van der Waals surface area contributed by atoms with Crippen LogP contribution >= 0.6 is 46.4 Å². The number of carbonyl (C=O) groups is 8. The molecule has 2 fully saturated rings.